The van der Waals surface area contributed by atoms with E-state index in [1.54, 1.807) is 0 Å². The van der Waals surface area contributed by atoms with E-state index in [9.17, 15) is 0 Å². The van der Waals surface area contributed by atoms with Crippen LogP contribution < -0.4 is 0 Å². The van der Waals surface area contributed by atoms with Crippen molar-refractivity contribution in [3.8, 4) is 0 Å². The molecule has 0 radical (unpaired) electrons. The molecular formula is C24H44O. The largest absolute Gasteiger partial charge is 0.375 e. The Bertz CT molecular complexity index is 349. The minimum absolute atomic E-state index is 0.274. The molecule has 25 heavy (non-hydrogen) atoms. The molecule has 0 aromatic carbocycles. The van der Waals surface area contributed by atoms with Crippen LogP contribution in [0.5, 0.6) is 0 Å². The second-order valence-corrected chi connectivity index (χ2v) is 9.65. The lowest BCUT2D eigenvalue weighted by Gasteiger charge is -2.46. The fourth-order valence-corrected chi connectivity index (χ4v) is 6.49. The van der Waals surface area contributed by atoms with Gasteiger partial charge in [0.25, 0.3) is 0 Å². The number of hydrogen-bond acceptors (Lipinski definition) is 1. The van der Waals surface area contributed by atoms with Crippen molar-refractivity contribution in [1.29, 1.82) is 0 Å². The lowest BCUT2D eigenvalue weighted by Crippen LogP contribution is -2.44. The quantitative estimate of drug-likeness (QED) is 0.462. The van der Waals surface area contributed by atoms with Crippen molar-refractivity contribution in [3.05, 3.63) is 0 Å². The second kappa shape index (κ2) is 9.77. The summed E-state index contributed by atoms with van der Waals surface area (Å²) in [7, 11) is 0. The molecule has 0 spiro atoms. The third kappa shape index (κ3) is 5.24. The highest BCUT2D eigenvalue weighted by molar-refractivity contribution is 4.93. The molecule has 0 heterocycles. The molecule has 0 bridgehead atoms. The van der Waals surface area contributed by atoms with E-state index in [0.29, 0.717) is 0 Å². The van der Waals surface area contributed by atoms with E-state index in [1.165, 1.54) is 103 Å². The van der Waals surface area contributed by atoms with Crippen LogP contribution in [0.4, 0.5) is 0 Å². The molecular weight excluding hydrogens is 304 g/mol. The monoisotopic (exact) mass is 348 g/mol. The van der Waals surface area contributed by atoms with E-state index < -0.39 is 0 Å². The van der Waals surface area contributed by atoms with Crippen LogP contribution in [0, 0.1) is 23.7 Å². The van der Waals surface area contributed by atoms with Gasteiger partial charge in [-0.05, 0) is 56.3 Å². The van der Waals surface area contributed by atoms with Crippen LogP contribution in [0.3, 0.4) is 0 Å². The van der Waals surface area contributed by atoms with Gasteiger partial charge < -0.3 is 4.74 Å². The van der Waals surface area contributed by atoms with Gasteiger partial charge in [-0.25, -0.2) is 0 Å². The Balaban J connectivity index is 1.39. The Hall–Kier alpha value is -0.0400. The van der Waals surface area contributed by atoms with E-state index in [1.807, 2.05) is 0 Å². The molecule has 1 heteroatoms. The number of rotatable bonds is 7. The molecule has 0 N–H and O–H groups in total. The van der Waals surface area contributed by atoms with Gasteiger partial charge in [-0.2, -0.15) is 0 Å². The molecule has 0 atom stereocenters. The summed E-state index contributed by atoms with van der Waals surface area (Å²) in [5, 5.41) is 0. The highest BCUT2D eigenvalue weighted by Gasteiger charge is 2.41. The molecule has 3 aliphatic carbocycles. The summed E-state index contributed by atoms with van der Waals surface area (Å²) in [4.78, 5) is 0. The minimum Gasteiger partial charge on any atom is -0.375 e. The van der Waals surface area contributed by atoms with Crippen LogP contribution in [0.1, 0.15) is 117 Å². The van der Waals surface area contributed by atoms with Crippen molar-refractivity contribution in [2.24, 2.45) is 23.7 Å². The Morgan fingerprint density at radius 1 is 0.680 bits per heavy atom. The van der Waals surface area contributed by atoms with Crippen molar-refractivity contribution in [3.63, 3.8) is 0 Å². The maximum Gasteiger partial charge on any atom is 0.0710 e. The molecule has 3 saturated carbocycles. The first-order valence-corrected chi connectivity index (χ1v) is 11.9. The standard InChI is InChI=1S/C24H44O/c1-3-20-8-10-21(11-9-20)12-13-22-14-16-23(17-15-22)24(25-4-2)18-6-5-7-19-24/h20-23H,3-19H2,1-2H3. The van der Waals surface area contributed by atoms with Gasteiger partial charge in [-0.15, -0.1) is 0 Å². The van der Waals surface area contributed by atoms with Gasteiger partial charge in [0.1, 0.15) is 0 Å². The zero-order chi connectivity index (χ0) is 17.5. The van der Waals surface area contributed by atoms with Gasteiger partial charge in [-0.1, -0.05) is 84.0 Å². The first-order chi connectivity index (χ1) is 12.3. The summed E-state index contributed by atoms with van der Waals surface area (Å²) in [6.07, 6.45) is 23.4. The zero-order valence-electron chi connectivity index (χ0n) is 17.2. The highest BCUT2D eigenvalue weighted by atomic mass is 16.5. The third-order valence-corrected chi connectivity index (χ3v) is 8.25. The number of hydrogen-bond donors (Lipinski definition) is 0. The molecule has 3 fully saturated rings. The fourth-order valence-electron chi connectivity index (χ4n) is 6.49. The third-order valence-electron chi connectivity index (χ3n) is 8.25. The van der Waals surface area contributed by atoms with Gasteiger partial charge in [0.2, 0.25) is 0 Å². The Morgan fingerprint density at radius 2 is 1.20 bits per heavy atom. The summed E-state index contributed by atoms with van der Waals surface area (Å²) in [5.41, 5.74) is 0.274. The molecule has 3 rings (SSSR count). The molecule has 146 valence electrons. The molecule has 0 aromatic rings. The van der Waals surface area contributed by atoms with E-state index in [0.717, 1.165) is 30.3 Å². The van der Waals surface area contributed by atoms with Crippen molar-refractivity contribution >= 4 is 0 Å². The van der Waals surface area contributed by atoms with Crippen LogP contribution in [0.15, 0.2) is 0 Å². The van der Waals surface area contributed by atoms with Crippen molar-refractivity contribution < 1.29 is 4.74 Å². The van der Waals surface area contributed by atoms with Crippen molar-refractivity contribution in [2.45, 2.75) is 122 Å². The topological polar surface area (TPSA) is 9.23 Å². The Kier molecular flexibility index (Phi) is 7.70. The van der Waals surface area contributed by atoms with Gasteiger partial charge in [0, 0.05) is 6.61 Å². The van der Waals surface area contributed by atoms with Crippen LogP contribution >= 0.6 is 0 Å². The number of ether oxygens (including phenoxy) is 1. The van der Waals surface area contributed by atoms with Gasteiger partial charge in [-0.3, -0.25) is 0 Å². The van der Waals surface area contributed by atoms with Crippen LogP contribution in [-0.2, 0) is 4.74 Å². The average molecular weight is 349 g/mol. The Labute approximate surface area is 157 Å². The van der Waals surface area contributed by atoms with Crippen LogP contribution in [0.25, 0.3) is 0 Å². The highest BCUT2D eigenvalue weighted by Crippen LogP contribution is 2.46. The summed E-state index contributed by atoms with van der Waals surface area (Å²) in [6.45, 7) is 5.50. The minimum atomic E-state index is 0.274. The van der Waals surface area contributed by atoms with E-state index >= 15 is 0 Å². The second-order valence-electron chi connectivity index (χ2n) is 9.65. The van der Waals surface area contributed by atoms with Gasteiger partial charge >= 0.3 is 0 Å². The summed E-state index contributed by atoms with van der Waals surface area (Å²) < 4.78 is 6.42. The summed E-state index contributed by atoms with van der Waals surface area (Å²) in [6, 6.07) is 0. The van der Waals surface area contributed by atoms with E-state index in [-0.39, 0.29) is 5.60 Å². The normalized spacial score (nSPS) is 36.2. The van der Waals surface area contributed by atoms with Crippen LogP contribution in [0.2, 0.25) is 0 Å². The first-order valence-electron chi connectivity index (χ1n) is 11.9. The molecule has 1 nitrogen and oxygen atoms in total. The Morgan fingerprint density at radius 3 is 1.72 bits per heavy atom. The average Bonchev–Trinajstić information content (AvgIpc) is 2.68. The molecule has 0 aromatic heterocycles. The molecule has 0 aliphatic heterocycles. The summed E-state index contributed by atoms with van der Waals surface area (Å²) >= 11 is 0. The predicted molar refractivity (Wildman–Crippen MR) is 108 cm³/mol. The van der Waals surface area contributed by atoms with Crippen LogP contribution in [-0.4, -0.2) is 12.2 Å². The van der Waals surface area contributed by atoms with Gasteiger partial charge in [0.05, 0.1) is 5.60 Å². The molecule has 0 amide bonds. The predicted octanol–water partition coefficient (Wildman–Crippen LogP) is 7.53. The SMILES string of the molecule is CCOC1(C2CCC(CCC3CCC(CC)CC3)CC2)CCCCC1. The summed E-state index contributed by atoms with van der Waals surface area (Å²) in [5.74, 6) is 4.01. The van der Waals surface area contributed by atoms with Crippen molar-refractivity contribution in [1.82, 2.24) is 0 Å². The van der Waals surface area contributed by atoms with E-state index in [4.69, 9.17) is 4.74 Å². The smallest absolute Gasteiger partial charge is 0.0710 e. The zero-order valence-corrected chi connectivity index (χ0v) is 17.2. The maximum atomic E-state index is 6.42. The lowest BCUT2D eigenvalue weighted by atomic mass is 9.67. The fraction of sp³-hybridized carbons (Fsp3) is 1.00. The maximum absolute atomic E-state index is 6.42. The molecule has 0 saturated heterocycles. The van der Waals surface area contributed by atoms with E-state index in [2.05, 4.69) is 13.8 Å². The van der Waals surface area contributed by atoms with Gasteiger partial charge in [0.15, 0.2) is 0 Å². The molecule has 0 unspecified atom stereocenters. The first kappa shape index (κ1) is 19.7. The lowest BCUT2D eigenvalue weighted by molar-refractivity contribution is -0.117. The molecule has 3 aliphatic rings. The van der Waals surface area contributed by atoms with Crippen molar-refractivity contribution in [2.75, 3.05) is 6.61 Å².